The van der Waals surface area contributed by atoms with Crippen LogP contribution in [0.1, 0.15) is 24.8 Å². The number of ether oxygens (including phenoxy) is 1. The maximum Gasteiger partial charge on any atom is 0.308 e. The zero-order valence-electron chi connectivity index (χ0n) is 11.5. The maximum atomic E-state index is 11.2. The van der Waals surface area contributed by atoms with Gasteiger partial charge in [-0.2, -0.15) is 0 Å². The number of carboxylic acid groups (broad SMARTS) is 1. The number of rotatable bonds is 5. The summed E-state index contributed by atoms with van der Waals surface area (Å²) in [5.41, 5.74) is 1.18. The van der Waals surface area contributed by atoms with Gasteiger partial charge in [0.1, 0.15) is 5.75 Å². The van der Waals surface area contributed by atoms with Crippen LogP contribution in [0.2, 0.25) is 0 Å². The number of nitrogens with zero attached hydrogens (tertiary/aromatic N) is 1. The molecule has 0 aliphatic heterocycles. The molecule has 1 aromatic carbocycles. The average Bonchev–Trinajstić information content (AvgIpc) is 2.89. The number of aliphatic carboxylic acids is 1. The molecule has 1 saturated carbocycles. The molecule has 1 aliphatic rings. The fourth-order valence-electron chi connectivity index (χ4n) is 2.89. The van der Waals surface area contributed by atoms with Crippen LogP contribution in [-0.4, -0.2) is 36.2 Å². The Morgan fingerprint density at radius 1 is 1.37 bits per heavy atom. The van der Waals surface area contributed by atoms with E-state index >= 15 is 0 Å². The van der Waals surface area contributed by atoms with Crippen LogP contribution in [0.5, 0.6) is 5.75 Å². The van der Waals surface area contributed by atoms with Crippen LogP contribution in [0.15, 0.2) is 24.3 Å². The fraction of sp³-hybridized carbons (Fsp3) is 0.533. The second-order valence-corrected chi connectivity index (χ2v) is 5.21. The van der Waals surface area contributed by atoms with Crippen molar-refractivity contribution in [3.05, 3.63) is 29.8 Å². The summed E-state index contributed by atoms with van der Waals surface area (Å²) in [6.07, 6.45) is 2.78. The summed E-state index contributed by atoms with van der Waals surface area (Å²) in [5, 5.41) is 9.22. The van der Waals surface area contributed by atoms with Gasteiger partial charge < -0.3 is 9.84 Å². The lowest BCUT2D eigenvalue weighted by atomic mass is 10.0. The lowest BCUT2D eigenvalue weighted by Crippen LogP contribution is -2.37. The van der Waals surface area contributed by atoms with Gasteiger partial charge in [-0.25, -0.2) is 0 Å². The number of methoxy groups -OCH3 is 1. The summed E-state index contributed by atoms with van der Waals surface area (Å²) < 4.78 is 5.13. The second-order valence-electron chi connectivity index (χ2n) is 5.21. The molecular weight excluding hydrogens is 242 g/mol. The van der Waals surface area contributed by atoms with Gasteiger partial charge in [0, 0.05) is 12.6 Å². The maximum absolute atomic E-state index is 11.2. The normalized spacial score (nSPS) is 22.7. The molecule has 4 nitrogen and oxygen atoms in total. The predicted octanol–water partition coefficient (Wildman–Crippen LogP) is 2.38. The molecular formula is C15H21NO3. The summed E-state index contributed by atoms with van der Waals surface area (Å²) >= 11 is 0. The summed E-state index contributed by atoms with van der Waals surface area (Å²) in [6.45, 7) is 0.776. The van der Waals surface area contributed by atoms with Gasteiger partial charge in [0.25, 0.3) is 0 Å². The van der Waals surface area contributed by atoms with Crippen molar-refractivity contribution in [1.29, 1.82) is 0 Å². The van der Waals surface area contributed by atoms with E-state index < -0.39 is 5.97 Å². The Bertz CT molecular complexity index is 430. The van der Waals surface area contributed by atoms with E-state index in [0.717, 1.165) is 31.6 Å². The zero-order chi connectivity index (χ0) is 13.8. The van der Waals surface area contributed by atoms with Crippen molar-refractivity contribution >= 4 is 5.97 Å². The number of carbonyl (C=O) groups is 1. The molecule has 2 atom stereocenters. The number of benzene rings is 1. The Labute approximate surface area is 114 Å². The van der Waals surface area contributed by atoms with Gasteiger partial charge in [-0.15, -0.1) is 0 Å². The molecule has 0 heterocycles. The highest BCUT2D eigenvalue weighted by Gasteiger charge is 2.35. The molecule has 0 saturated heterocycles. The second kappa shape index (κ2) is 6.06. The van der Waals surface area contributed by atoms with Gasteiger partial charge in [0.05, 0.1) is 13.0 Å². The SMILES string of the molecule is COc1ccc(CN(C)C2CCCC2C(=O)O)cc1. The molecule has 4 heteroatoms. The van der Waals surface area contributed by atoms with E-state index in [0.29, 0.717) is 0 Å². The number of hydrogen-bond acceptors (Lipinski definition) is 3. The van der Waals surface area contributed by atoms with Crippen molar-refractivity contribution < 1.29 is 14.6 Å². The van der Waals surface area contributed by atoms with Gasteiger partial charge in [-0.1, -0.05) is 18.6 Å². The van der Waals surface area contributed by atoms with Crippen molar-refractivity contribution in [2.45, 2.75) is 31.8 Å². The Kier molecular flexibility index (Phi) is 4.43. The molecule has 0 radical (unpaired) electrons. The van der Waals surface area contributed by atoms with Gasteiger partial charge in [0.15, 0.2) is 0 Å². The first kappa shape index (κ1) is 13.9. The highest BCUT2D eigenvalue weighted by Crippen LogP contribution is 2.30. The molecule has 1 fully saturated rings. The summed E-state index contributed by atoms with van der Waals surface area (Å²) in [4.78, 5) is 13.4. The lowest BCUT2D eigenvalue weighted by molar-refractivity contribution is -0.143. The van der Waals surface area contributed by atoms with E-state index in [1.54, 1.807) is 7.11 Å². The quantitative estimate of drug-likeness (QED) is 0.886. The van der Waals surface area contributed by atoms with Crippen LogP contribution in [0.25, 0.3) is 0 Å². The summed E-state index contributed by atoms with van der Waals surface area (Å²) in [5.74, 6) is -0.0389. The minimum Gasteiger partial charge on any atom is -0.497 e. The number of hydrogen-bond donors (Lipinski definition) is 1. The molecule has 0 bridgehead atoms. The van der Waals surface area contributed by atoms with Crippen molar-refractivity contribution in [2.24, 2.45) is 5.92 Å². The molecule has 0 spiro atoms. The van der Waals surface area contributed by atoms with Crippen LogP contribution in [0.4, 0.5) is 0 Å². The first-order chi connectivity index (χ1) is 9.11. The minimum atomic E-state index is -0.663. The Morgan fingerprint density at radius 2 is 2.05 bits per heavy atom. The van der Waals surface area contributed by atoms with Crippen LogP contribution in [0.3, 0.4) is 0 Å². The van der Waals surface area contributed by atoms with E-state index in [1.807, 2.05) is 31.3 Å². The molecule has 1 aromatic rings. The first-order valence-electron chi connectivity index (χ1n) is 6.68. The Hall–Kier alpha value is -1.55. The van der Waals surface area contributed by atoms with Crippen LogP contribution in [0, 0.1) is 5.92 Å². The highest BCUT2D eigenvalue weighted by atomic mass is 16.5. The Morgan fingerprint density at radius 3 is 2.63 bits per heavy atom. The van der Waals surface area contributed by atoms with Crippen LogP contribution < -0.4 is 4.74 Å². The molecule has 2 unspecified atom stereocenters. The highest BCUT2D eigenvalue weighted by molar-refractivity contribution is 5.71. The Balaban J connectivity index is 1.99. The van der Waals surface area contributed by atoms with E-state index in [9.17, 15) is 9.90 Å². The predicted molar refractivity (Wildman–Crippen MR) is 73.2 cm³/mol. The largest absolute Gasteiger partial charge is 0.497 e. The monoisotopic (exact) mass is 263 g/mol. The average molecular weight is 263 g/mol. The van der Waals surface area contributed by atoms with Crippen molar-refractivity contribution in [2.75, 3.05) is 14.2 Å². The standard InChI is InChI=1S/C15H21NO3/c1-16(14-5-3-4-13(14)15(17)18)10-11-6-8-12(19-2)9-7-11/h6-9,13-14H,3-5,10H2,1-2H3,(H,17,18). The van der Waals surface area contributed by atoms with Gasteiger partial charge in [0.2, 0.25) is 0 Å². The molecule has 1 aliphatic carbocycles. The molecule has 0 aromatic heterocycles. The number of carboxylic acids is 1. The zero-order valence-corrected chi connectivity index (χ0v) is 11.5. The van der Waals surface area contributed by atoms with E-state index in [-0.39, 0.29) is 12.0 Å². The third-order valence-corrected chi connectivity index (χ3v) is 3.95. The van der Waals surface area contributed by atoms with Gasteiger partial charge in [-0.05, 0) is 37.6 Å². The van der Waals surface area contributed by atoms with Crippen molar-refractivity contribution in [1.82, 2.24) is 4.90 Å². The van der Waals surface area contributed by atoms with Crippen molar-refractivity contribution in [3.8, 4) is 5.75 Å². The molecule has 19 heavy (non-hydrogen) atoms. The smallest absolute Gasteiger partial charge is 0.308 e. The van der Waals surface area contributed by atoms with E-state index in [4.69, 9.17) is 4.74 Å². The fourth-order valence-corrected chi connectivity index (χ4v) is 2.89. The van der Waals surface area contributed by atoms with Gasteiger partial charge >= 0.3 is 5.97 Å². The van der Waals surface area contributed by atoms with E-state index in [2.05, 4.69) is 4.90 Å². The third kappa shape index (κ3) is 3.26. The topological polar surface area (TPSA) is 49.8 Å². The molecule has 104 valence electrons. The minimum absolute atomic E-state index is 0.152. The first-order valence-corrected chi connectivity index (χ1v) is 6.68. The molecule has 2 rings (SSSR count). The molecule has 0 amide bonds. The van der Waals surface area contributed by atoms with Crippen LogP contribution in [-0.2, 0) is 11.3 Å². The van der Waals surface area contributed by atoms with Crippen molar-refractivity contribution in [3.63, 3.8) is 0 Å². The summed E-state index contributed by atoms with van der Waals surface area (Å²) in [6, 6.07) is 8.08. The van der Waals surface area contributed by atoms with Gasteiger partial charge in [-0.3, -0.25) is 9.69 Å². The molecule has 1 N–H and O–H groups in total. The van der Waals surface area contributed by atoms with Crippen LogP contribution >= 0.6 is 0 Å². The third-order valence-electron chi connectivity index (χ3n) is 3.95. The lowest BCUT2D eigenvalue weighted by Gasteiger charge is -2.27. The van der Waals surface area contributed by atoms with E-state index in [1.165, 1.54) is 5.56 Å². The summed E-state index contributed by atoms with van der Waals surface area (Å²) in [7, 11) is 3.66.